The Morgan fingerprint density at radius 3 is 2.76 bits per heavy atom. The van der Waals surface area contributed by atoms with Crippen molar-refractivity contribution < 1.29 is 13.6 Å². The Morgan fingerprint density at radius 1 is 1.29 bits per heavy atom. The molecule has 0 spiro atoms. The maximum Gasteiger partial charge on any atom is 0.255 e. The molecule has 2 aromatic rings. The lowest BCUT2D eigenvalue weighted by molar-refractivity contribution is 0.0954. The first-order valence-corrected chi connectivity index (χ1v) is 6.46. The van der Waals surface area contributed by atoms with Crippen LogP contribution in [-0.2, 0) is 6.42 Å². The molecule has 6 heteroatoms. The molecule has 0 aliphatic rings. The summed E-state index contributed by atoms with van der Waals surface area (Å²) in [5.74, 6) is -1.06. The van der Waals surface area contributed by atoms with E-state index in [0.29, 0.717) is 17.8 Å². The number of aromatic nitrogens is 1. The topological polar surface area (TPSA) is 54.0 Å². The van der Waals surface area contributed by atoms with E-state index in [2.05, 4.69) is 15.6 Å². The van der Waals surface area contributed by atoms with Crippen LogP contribution in [-0.4, -0.2) is 24.5 Å². The number of carbonyl (C=O) groups excluding carboxylic acids is 1. The summed E-state index contributed by atoms with van der Waals surface area (Å²) in [5.41, 5.74) is 0.634. The van der Waals surface area contributed by atoms with E-state index in [1.54, 1.807) is 25.2 Å². The van der Waals surface area contributed by atoms with Gasteiger partial charge in [0.2, 0.25) is 0 Å². The number of hydrogen-bond acceptors (Lipinski definition) is 3. The molecule has 0 unspecified atom stereocenters. The fourth-order valence-electron chi connectivity index (χ4n) is 1.92. The second-order valence-corrected chi connectivity index (χ2v) is 4.40. The van der Waals surface area contributed by atoms with E-state index in [4.69, 9.17) is 0 Å². The third-order valence-electron chi connectivity index (χ3n) is 2.97. The Balaban J connectivity index is 1.99. The van der Waals surface area contributed by atoms with Crippen molar-refractivity contribution in [2.75, 3.05) is 18.9 Å². The number of halogens is 2. The normalized spacial score (nSPS) is 10.2. The van der Waals surface area contributed by atoms with Gasteiger partial charge in [-0.25, -0.2) is 13.8 Å². The van der Waals surface area contributed by atoms with Gasteiger partial charge in [-0.05, 0) is 24.1 Å². The summed E-state index contributed by atoms with van der Waals surface area (Å²) in [7, 11) is 1.59. The Morgan fingerprint density at radius 2 is 2.05 bits per heavy atom. The van der Waals surface area contributed by atoms with E-state index in [1.165, 1.54) is 6.07 Å². The predicted octanol–water partition coefficient (Wildman–Crippen LogP) is 2.37. The number of anilines is 1. The maximum absolute atomic E-state index is 13.4. The largest absolute Gasteiger partial charge is 0.372 e. The first-order valence-electron chi connectivity index (χ1n) is 6.46. The van der Waals surface area contributed by atoms with Crippen LogP contribution in [0.25, 0.3) is 0 Å². The van der Waals surface area contributed by atoms with Gasteiger partial charge in [0.25, 0.3) is 5.91 Å². The molecule has 110 valence electrons. The molecular weight excluding hydrogens is 276 g/mol. The second-order valence-electron chi connectivity index (χ2n) is 4.40. The summed E-state index contributed by atoms with van der Waals surface area (Å²) in [6.45, 7) is 0.249. The van der Waals surface area contributed by atoms with Crippen LogP contribution in [0, 0.1) is 11.6 Å². The highest BCUT2D eigenvalue weighted by atomic mass is 19.1. The molecule has 1 amide bonds. The smallest absolute Gasteiger partial charge is 0.255 e. The maximum atomic E-state index is 13.4. The molecule has 1 heterocycles. The van der Waals surface area contributed by atoms with Gasteiger partial charge >= 0.3 is 0 Å². The van der Waals surface area contributed by atoms with Crippen molar-refractivity contribution in [2.24, 2.45) is 0 Å². The first-order chi connectivity index (χ1) is 10.1. The van der Waals surface area contributed by atoms with Crippen molar-refractivity contribution in [3.63, 3.8) is 0 Å². The first kappa shape index (κ1) is 14.9. The van der Waals surface area contributed by atoms with Gasteiger partial charge in [-0.2, -0.15) is 0 Å². The molecule has 1 aromatic heterocycles. The Kier molecular flexibility index (Phi) is 4.81. The quantitative estimate of drug-likeness (QED) is 0.889. The number of nitrogens with one attached hydrogen (secondary N) is 2. The third kappa shape index (κ3) is 3.75. The number of benzene rings is 1. The van der Waals surface area contributed by atoms with Crippen LogP contribution in [0.15, 0.2) is 36.5 Å². The average Bonchev–Trinajstić information content (AvgIpc) is 2.49. The van der Waals surface area contributed by atoms with Crippen molar-refractivity contribution in [3.05, 3.63) is 59.3 Å². The standard InChI is InChI=1S/C15H15F2N3O/c1-18-14-12(8-11(16)9-20-14)15(21)19-7-6-10-4-2-3-5-13(10)17/h2-5,8-9H,6-7H2,1H3,(H,18,20)(H,19,21). The SMILES string of the molecule is CNc1ncc(F)cc1C(=O)NCCc1ccccc1F. The van der Waals surface area contributed by atoms with E-state index in [1.807, 2.05) is 0 Å². The molecule has 0 aliphatic heterocycles. The number of amides is 1. The highest BCUT2D eigenvalue weighted by Gasteiger charge is 2.13. The molecule has 0 atom stereocenters. The van der Waals surface area contributed by atoms with E-state index in [-0.39, 0.29) is 17.9 Å². The summed E-state index contributed by atoms with van der Waals surface area (Å²) in [6, 6.07) is 7.47. The fourth-order valence-corrected chi connectivity index (χ4v) is 1.92. The predicted molar refractivity (Wildman–Crippen MR) is 76.2 cm³/mol. The van der Waals surface area contributed by atoms with E-state index >= 15 is 0 Å². The minimum absolute atomic E-state index is 0.117. The number of rotatable bonds is 5. The van der Waals surface area contributed by atoms with Crippen molar-refractivity contribution in [1.29, 1.82) is 0 Å². The third-order valence-corrected chi connectivity index (χ3v) is 2.97. The minimum atomic E-state index is -0.590. The van der Waals surface area contributed by atoms with Gasteiger partial charge in [0.15, 0.2) is 0 Å². The van der Waals surface area contributed by atoms with Gasteiger partial charge in [0, 0.05) is 13.6 Å². The Hall–Kier alpha value is -2.50. The van der Waals surface area contributed by atoms with Crippen LogP contribution in [0.5, 0.6) is 0 Å². The van der Waals surface area contributed by atoms with E-state index < -0.39 is 11.7 Å². The fraction of sp³-hybridized carbons (Fsp3) is 0.200. The minimum Gasteiger partial charge on any atom is -0.372 e. The monoisotopic (exact) mass is 291 g/mol. The van der Waals surface area contributed by atoms with Crippen LogP contribution >= 0.6 is 0 Å². The lowest BCUT2D eigenvalue weighted by atomic mass is 10.1. The average molecular weight is 291 g/mol. The van der Waals surface area contributed by atoms with Gasteiger partial charge in [-0.15, -0.1) is 0 Å². The van der Waals surface area contributed by atoms with Crippen LogP contribution in [0.2, 0.25) is 0 Å². The zero-order chi connectivity index (χ0) is 15.2. The van der Waals surface area contributed by atoms with Crippen molar-refractivity contribution in [3.8, 4) is 0 Å². The molecular formula is C15H15F2N3O. The molecule has 0 saturated heterocycles. The summed E-state index contributed by atoms with van der Waals surface area (Å²) < 4.78 is 26.6. The number of nitrogens with zero attached hydrogens (tertiary/aromatic N) is 1. The highest BCUT2D eigenvalue weighted by Crippen LogP contribution is 2.13. The summed E-state index contributed by atoms with van der Waals surface area (Å²) in [6.07, 6.45) is 1.39. The Bertz CT molecular complexity index is 647. The zero-order valence-electron chi connectivity index (χ0n) is 11.5. The molecule has 2 N–H and O–H groups in total. The highest BCUT2D eigenvalue weighted by molar-refractivity contribution is 5.98. The van der Waals surface area contributed by atoms with Gasteiger partial charge in [0.1, 0.15) is 17.5 Å². The number of hydrogen-bond donors (Lipinski definition) is 2. The lowest BCUT2D eigenvalue weighted by Gasteiger charge is -2.09. The summed E-state index contributed by atoms with van der Waals surface area (Å²) >= 11 is 0. The zero-order valence-corrected chi connectivity index (χ0v) is 11.5. The summed E-state index contributed by atoms with van der Waals surface area (Å²) in [4.78, 5) is 15.8. The van der Waals surface area contributed by atoms with Crippen LogP contribution in [0.1, 0.15) is 15.9 Å². The molecule has 0 aliphatic carbocycles. The van der Waals surface area contributed by atoms with Gasteiger partial charge in [-0.1, -0.05) is 18.2 Å². The summed E-state index contributed by atoms with van der Waals surface area (Å²) in [5, 5.41) is 5.35. The van der Waals surface area contributed by atoms with Gasteiger partial charge < -0.3 is 10.6 Å². The van der Waals surface area contributed by atoms with Crippen molar-refractivity contribution >= 4 is 11.7 Å². The molecule has 0 fully saturated rings. The lowest BCUT2D eigenvalue weighted by Crippen LogP contribution is -2.27. The van der Waals surface area contributed by atoms with Crippen LogP contribution in [0.3, 0.4) is 0 Å². The molecule has 0 radical (unpaired) electrons. The van der Waals surface area contributed by atoms with E-state index in [9.17, 15) is 13.6 Å². The number of carbonyl (C=O) groups is 1. The molecule has 4 nitrogen and oxygen atoms in total. The van der Waals surface area contributed by atoms with Crippen LogP contribution in [0.4, 0.5) is 14.6 Å². The Labute approximate surface area is 121 Å². The van der Waals surface area contributed by atoms with Crippen molar-refractivity contribution in [2.45, 2.75) is 6.42 Å². The molecule has 1 aromatic carbocycles. The number of pyridine rings is 1. The molecule has 0 saturated carbocycles. The van der Waals surface area contributed by atoms with Crippen LogP contribution < -0.4 is 10.6 Å². The van der Waals surface area contributed by atoms with Gasteiger partial charge in [0.05, 0.1) is 11.8 Å². The molecule has 2 rings (SSSR count). The second kappa shape index (κ2) is 6.78. The van der Waals surface area contributed by atoms with Crippen molar-refractivity contribution in [1.82, 2.24) is 10.3 Å². The van der Waals surface area contributed by atoms with Gasteiger partial charge in [-0.3, -0.25) is 4.79 Å². The molecule has 21 heavy (non-hydrogen) atoms. The molecule has 0 bridgehead atoms. The van der Waals surface area contributed by atoms with E-state index in [0.717, 1.165) is 12.3 Å².